The van der Waals surface area contributed by atoms with Crippen LogP contribution in [-0.4, -0.2) is 20.8 Å². The Morgan fingerprint density at radius 3 is 1.27 bits per heavy atom. The van der Waals surface area contributed by atoms with Gasteiger partial charge in [-0.1, -0.05) is 56.6 Å². The van der Waals surface area contributed by atoms with Crippen LogP contribution in [-0.2, 0) is 32.7 Å². The normalized spacial score (nSPS) is 9.20. The van der Waals surface area contributed by atoms with Gasteiger partial charge in [0.05, 0.1) is 8.07 Å². The molecule has 4 heteroatoms. The third-order valence-corrected chi connectivity index (χ3v) is 7.74. The van der Waals surface area contributed by atoms with E-state index < -0.39 is 8.07 Å². The van der Waals surface area contributed by atoms with Crippen molar-refractivity contribution in [3.63, 3.8) is 0 Å². The van der Waals surface area contributed by atoms with Crippen molar-refractivity contribution in [3.05, 3.63) is 0 Å². The van der Waals surface area contributed by atoms with Gasteiger partial charge in [0, 0.05) is 32.7 Å². The average Bonchev–Trinajstić information content (AvgIpc) is 1.88. The summed E-state index contributed by atoms with van der Waals surface area (Å²) in [6.45, 7) is 9.77. The molecule has 0 aromatic rings. The van der Waals surface area contributed by atoms with Gasteiger partial charge >= 0.3 is 0 Å². The van der Waals surface area contributed by atoms with E-state index >= 15 is 0 Å². The third kappa shape index (κ3) is 10.1. The van der Waals surface area contributed by atoms with Crippen molar-refractivity contribution in [2.45, 2.75) is 61.7 Å². The summed E-state index contributed by atoms with van der Waals surface area (Å²) in [4.78, 5) is 0. The quantitative estimate of drug-likeness (QED) is 0.784. The fraction of sp³-hybridized carbons (Fsp3) is 1.00. The molecule has 0 unspecified atom stereocenters. The number of hydrogen-bond acceptors (Lipinski definition) is 2. The van der Waals surface area contributed by atoms with Crippen LogP contribution in [0.5, 0.6) is 0 Å². The Labute approximate surface area is 126 Å². The van der Waals surface area contributed by atoms with Crippen LogP contribution in [0.25, 0.3) is 0 Å². The van der Waals surface area contributed by atoms with Crippen LogP contribution in [0, 0.1) is 0 Å². The summed E-state index contributed by atoms with van der Waals surface area (Å²) in [5.74, 6) is 0. The van der Waals surface area contributed by atoms with Crippen molar-refractivity contribution in [3.8, 4) is 0 Å². The zero-order chi connectivity index (χ0) is 8.41. The molecule has 0 rings (SSSR count). The Kier molecular flexibility index (Phi) is 31.9. The number of nitrogens with two attached hydrogens (primary N) is 2. The van der Waals surface area contributed by atoms with Crippen LogP contribution < -0.4 is 11.5 Å². The molecule has 0 heterocycles. The maximum absolute atomic E-state index is 5.67. The van der Waals surface area contributed by atoms with E-state index in [2.05, 4.69) is 26.9 Å². The van der Waals surface area contributed by atoms with Gasteiger partial charge in [0.2, 0.25) is 0 Å². The largest absolute Gasteiger partial charge is 0.333 e. The number of rotatable bonds is 3. The molecular weight excluding hydrogens is 277 g/mol. The van der Waals surface area contributed by atoms with Crippen LogP contribution in [0.1, 0.15) is 43.6 Å². The van der Waals surface area contributed by atoms with Gasteiger partial charge in [0.15, 0.2) is 0 Å². The minimum Gasteiger partial charge on any atom is -0.333 e. The fourth-order valence-corrected chi connectivity index (χ4v) is 1.66. The summed E-state index contributed by atoms with van der Waals surface area (Å²) in [6, 6.07) is 0. The molecule has 0 aliphatic heterocycles. The standard InChI is InChI=1S/C7H20N2Si.4CH4.Y/c1-7(2,5-8)10(3,4)6-9;;;;;/h5-6,8-9H2,1-4H3;4*1H4;. The molecule has 0 fully saturated rings. The molecule has 0 aliphatic carbocycles. The molecular formula is C11H36N2SiY. The Morgan fingerprint density at radius 2 is 1.20 bits per heavy atom. The number of hydrogen-bond donors (Lipinski definition) is 2. The van der Waals surface area contributed by atoms with Crippen LogP contribution >= 0.6 is 0 Å². The molecule has 0 saturated carbocycles. The molecule has 4 N–H and O–H groups in total. The topological polar surface area (TPSA) is 52.0 Å². The van der Waals surface area contributed by atoms with E-state index in [-0.39, 0.29) is 67.5 Å². The summed E-state index contributed by atoms with van der Waals surface area (Å²) in [5.41, 5.74) is 11.3. The van der Waals surface area contributed by atoms with Crippen LogP contribution in [0.15, 0.2) is 0 Å². The van der Waals surface area contributed by atoms with Gasteiger partial charge in [-0.2, -0.15) is 0 Å². The van der Waals surface area contributed by atoms with Crippen molar-refractivity contribution in [1.82, 2.24) is 0 Å². The molecule has 0 aliphatic rings. The molecule has 2 nitrogen and oxygen atoms in total. The molecule has 0 saturated heterocycles. The molecule has 0 spiro atoms. The Morgan fingerprint density at radius 1 is 0.933 bits per heavy atom. The van der Waals surface area contributed by atoms with Crippen molar-refractivity contribution in [2.75, 3.05) is 12.7 Å². The zero-order valence-electron chi connectivity index (χ0n) is 8.15. The van der Waals surface area contributed by atoms with E-state index in [0.29, 0.717) is 0 Å². The third-order valence-electron chi connectivity index (χ3n) is 2.85. The first-order valence-corrected chi connectivity index (χ1v) is 6.98. The van der Waals surface area contributed by atoms with Gasteiger partial charge in [-0.25, -0.2) is 0 Å². The SMILES string of the molecule is C.C.C.C.CC(C)(CN)[Si](C)(C)CN.[Y]. The second-order valence-corrected chi connectivity index (χ2v) is 9.71. The summed E-state index contributed by atoms with van der Waals surface area (Å²) < 4.78 is 0. The van der Waals surface area contributed by atoms with Crippen molar-refractivity contribution < 1.29 is 32.7 Å². The smallest absolute Gasteiger partial charge is 0.0690 e. The summed E-state index contributed by atoms with van der Waals surface area (Å²) in [5, 5.41) is 0.280. The van der Waals surface area contributed by atoms with E-state index in [1.807, 2.05) is 0 Å². The Hall–Kier alpha value is 1.24. The van der Waals surface area contributed by atoms with E-state index in [9.17, 15) is 0 Å². The monoisotopic (exact) mass is 313 g/mol. The van der Waals surface area contributed by atoms with Gasteiger partial charge in [0.1, 0.15) is 0 Å². The summed E-state index contributed by atoms with van der Waals surface area (Å²) in [6.07, 6.45) is 0.831. The van der Waals surface area contributed by atoms with Crippen molar-refractivity contribution in [2.24, 2.45) is 11.5 Å². The maximum Gasteiger partial charge on any atom is 0.0690 e. The molecule has 15 heavy (non-hydrogen) atoms. The summed E-state index contributed by atoms with van der Waals surface area (Å²) >= 11 is 0. The van der Waals surface area contributed by atoms with E-state index in [0.717, 1.165) is 12.7 Å². The Bertz CT molecular complexity index is 103. The second-order valence-electron chi connectivity index (χ2n) is 4.18. The van der Waals surface area contributed by atoms with Gasteiger partial charge in [0.25, 0.3) is 0 Å². The van der Waals surface area contributed by atoms with Crippen LogP contribution in [0.3, 0.4) is 0 Å². The first-order chi connectivity index (χ1) is 4.37. The molecule has 0 bridgehead atoms. The maximum atomic E-state index is 5.67. The van der Waals surface area contributed by atoms with Crippen molar-refractivity contribution >= 4 is 8.07 Å². The van der Waals surface area contributed by atoms with Gasteiger partial charge in [-0.3, -0.25) is 0 Å². The predicted molar refractivity (Wildman–Crippen MR) is 76.6 cm³/mol. The van der Waals surface area contributed by atoms with E-state index in [1.54, 1.807) is 0 Å². The molecule has 1 radical (unpaired) electrons. The van der Waals surface area contributed by atoms with Gasteiger partial charge < -0.3 is 11.5 Å². The first kappa shape index (κ1) is 36.0. The first-order valence-electron chi connectivity index (χ1n) is 3.77. The van der Waals surface area contributed by atoms with E-state index in [1.165, 1.54) is 0 Å². The van der Waals surface area contributed by atoms with Gasteiger partial charge in [-0.05, 0) is 17.8 Å². The average molecular weight is 313 g/mol. The van der Waals surface area contributed by atoms with Crippen molar-refractivity contribution in [1.29, 1.82) is 0 Å². The zero-order valence-corrected chi connectivity index (χ0v) is 12.0. The fourth-order valence-electron chi connectivity index (χ4n) is 0.553. The minimum absolute atomic E-state index is 0. The predicted octanol–water partition coefficient (Wildman–Crippen LogP) is 3.47. The molecule has 0 aromatic heterocycles. The molecule has 0 amide bonds. The molecule has 97 valence electrons. The second kappa shape index (κ2) is 13.3. The van der Waals surface area contributed by atoms with E-state index in [4.69, 9.17) is 11.5 Å². The van der Waals surface area contributed by atoms with Crippen LogP contribution in [0.2, 0.25) is 18.1 Å². The minimum atomic E-state index is -1.25. The molecule has 0 atom stereocenters. The molecule has 0 aromatic carbocycles. The summed E-state index contributed by atoms with van der Waals surface area (Å²) in [7, 11) is -1.25. The van der Waals surface area contributed by atoms with Crippen LogP contribution in [0.4, 0.5) is 0 Å². The van der Waals surface area contributed by atoms with Gasteiger partial charge in [-0.15, -0.1) is 0 Å². The Balaban J connectivity index is -0.0000000405.